The number of rotatable bonds is 3. The molecular weight excluding hydrogens is 252 g/mol. The molecule has 9 nitrogen and oxygen atoms in total. The lowest BCUT2D eigenvalue weighted by Gasteiger charge is -2.00. The smallest absolute Gasteiger partial charge is 0.358 e. The Kier molecular flexibility index (Phi) is 3.10. The molecule has 0 aliphatic heterocycles. The molecule has 0 aromatic carbocycles. The van der Waals surface area contributed by atoms with E-state index in [0.717, 1.165) is 0 Å². The summed E-state index contributed by atoms with van der Waals surface area (Å²) in [5, 5.41) is 22.5. The van der Waals surface area contributed by atoms with Crippen LogP contribution in [0, 0.1) is 0 Å². The van der Waals surface area contributed by atoms with Gasteiger partial charge in [-0.25, -0.2) is 9.48 Å². The van der Waals surface area contributed by atoms with Crippen LogP contribution in [0.4, 0.5) is 5.69 Å². The minimum absolute atomic E-state index is 0.0182. The first-order valence-electron chi connectivity index (χ1n) is 5.17. The van der Waals surface area contributed by atoms with Gasteiger partial charge in [0.15, 0.2) is 17.2 Å². The normalized spacial score (nSPS) is 10.2. The van der Waals surface area contributed by atoms with E-state index in [9.17, 15) is 9.59 Å². The van der Waals surface area contributed by atoms with Gasteiger partial charge in [-0.2, -0.15) is 5.10 Å². The number of hydrogen-bond acceptors (Lipinski definition) is 6. The van der Waals surface area contributed by atoms with Crippen LogP contribution in [0.15, 0.2) is 18.3 Å². The second-order valence-electron chi connectivity index (χ2n) is 3.54. The van der Waals surface area contributed by atoms with Crippen molar-refractivity contribution < 1.29 is 14.7 Å². The molecular formula is C10H10N6O3. The summed E-state index contributed by atoms with van der Waals surface area (Å²) in [6.07, 6.45) is 1.31. The number of hydrogen-bond donors (Lipinski definition) is 3. The Morgan fingerprint density at radius 3 is 2.58 bits per heavy atom. The SMILES string of the molecule is CNC(=O)c1ccc(-n2cc(N)c(C(=O)O)n2)nn1. The number of carbonyl (C=O) groups excluding carboxylic acids is 1. The number of nitrogen functional groups attached to an aromatic ring is 1. The van der Waals surface area contributed by atoms with Crippen molar-refractivity contribution in [1.82, 2.24) is 25.3 Å². The highest BCUT2D eigenvalue weighted by Gasteiger charge is 2.15. The van der Waals surface area contributed by atoms with Crippen molar-refractivity contribution in [2.75, 3.05) is 12.8 Å². The number of carboxylic acid groups (broad SMARTS) is 1. The molecule has 0 aliphatic rings. The third-order valence-corrected chi connectivity index (χ3v) is 2.29. The van der Waals surface area contributed by atoms with Crippen LogP contribution in [0.1, 0.15) is 21.0 Å². The molecule has 0 aliphatic carbocycles. The number of aromatic carboxylic acids is 1. The Morgan fingerprint density at radius 2 is 2.11 bits per heavy atom. The van der Waals surface area contributed by atoms with E-state index in [-0.39, 0.29) is 28.8 Å². The molecule has 2 aromatic heterocycles. The Labute approximate surface area is 107 Å². The zero-order chi connectivity index (χ0) is 14.0. The van der Waals surface area contributed by atoms with Crippen LogP contribution in [0.5, 0.6) is 0 Å². The average molecular weight is 262 g/mol. The largest absolute Gasteiger partial charge is 0.476 e. The van der Waals surface area contributed by atoms with E-state index in [1.165, 1.54) is 30.1 Å². The van der Waals surface area contributed by atoms with Crippen molar-refractivity contribution in [2.45, 2.75) is 0 Å². The second-order valence-corrected chi connectivity index (χ2v) is 3.54. The van der Waals surface area contributed by atoms with Crippen molar-refractivity contribution in [3.63, 3.8) is 0 Å². The van der Waals surface area contributed by atoms with Gasteiger partial charge in [-0.3, -0.25) is 4.79 Å². The topological polar surface area (TPSA) is 136 Å². The van der Waals surface area contributed by atoms with Crippen molar-refractivity contribution in [3.05, 3.63) is 29.7 Å². The zero-order valence-electron chi connectivity index (χ0n) is 9.86. The summed E-state index contributed by atoms with van der Waals surface area (Å²) >= 11 is 0. The molecule has 0 unspecified atom stereocenters. The summed E-state index contributed by atoms with van der Waals surface area (Å²) in [6.45, 7) is 0. The summed E-state index contributed by atoms with van der Waals surface area (Å²) < 4.78 is 1.18. The molecule has 0 saturated carbocycles. The number of carboxylic acids is 1. The Morgan fingerprint density at radius 1 is 1.37 bits per heavy atom. The first kappa shape index (κ1) is 12.5. The van der Waals surface area contributed by atoms with Gasteiger partial charge >= 0.3 is 5.97 Å². The molecule has 9 heteroatoms. The highest BCUT2D eigenvalue weighted by atomic mass is 16.4. The van der Waals surface area contributed by atoms with Crippen LogP contribution in [-0.2, 0) is 0 Å². The van der Waals surface area contributed by atoms with E-state index in [1.54, 1.807) is 0 Å². The Balaban J connectivity index is 2.35. The maximum absolute atomic E-state index is 11.3. The molecule has 2 rings (SSSR count). The number of nitrogens with one attached hydrogen (secondary N) is 1. The zero-order valence-corrected chi connectivity index (χ0v) is 9.86. The second kappa shape index (κ2) is 4.72. The van der Waals surface area contributed by atoms with E-state index >= 15 is 0 Å². The van der Waals surface area contributed by atoms with E-state index < -0.39 is 5.97 Å². The number of anilines is 1. The van der Waals surface area contributed by atoms with E-state index in [1.807, 2.05) is 0 Å². The highest BCUT2D eigenvalue weighted by Crippen LogP contribution is 2.12. The summed E-state index contributed by atoms with van der Waals surface area (Å²) in [5.41, 5.74) is 5.40. The lowest BCUT2D eigenvalue weighted by molar-refractivity contribution is 0.0691. The summed E-state index contributed by atoms with van der Waals surface area (Å²) in [4.78, 5) is 22.1. The third kappa shape index (κ3) is 2.34. The number of aromatic nitrogens is 4. The van der Waals surface area contributed by atoms with E-state index in [4.69, 9.17) is 10.8 Å². The monoisotopic (exact) mass is 262 g/mol. The maximum Gasteiger partial charge on any atom is 0.358 e. The van der Waals surface area contributed by atoms with Gasteiger partial charge in [0.25, 0.3) is 5.91 Å². The Bertz CT molecular complexity index is 633. The highest BCUT2D eigenvalue weighted by molar-refractivity contribution is 5.92. The van der Waals surface area contributed by atoms with Gasteiger partial charge in [-0.15, -0.1) is 10.2 Å². The quantitative estimate of drug-likeness (QED) is 0.665. The molecule has 2 aromatic rings. The van der Waals surface area contributed by atoms with Gasteiger partial charge in [-0.1, -0.05) is 0 Å². The fourth-order valence-corrected chi connectivity index (χ4v) is 1.37. The summed E-state index contributed by atoms with van der Waals surface area (Å²) in [5.74, 6) is -1.34. The van der Waals surface area contributed by atoms with Gasteiger partial charge in [0.1, 0.15) is 0 Å². The fraction of sp³-hybridized carbons (Fsp3) is 0.100. The lowest BCUT2D eigenvalue weighted by Crippen LogP contribution is -2.20. The van der Waals surface area contributed by atoms with Crippen LogP contribution in [-0.4, -0.2) is 44.0 Å². The van der Waals surface area contributed by atoms with Crippen molar-refractivity contribution >= 4 is 17.6 Å². The summed E-state index contributed by atoms with van der Waals surface area (Å²) in [7, 11) is 1.48. The first-order valence-corrected chi connectivity index (χ1v) is 5.17. The van der Waals surface area contributed by atoms with Gasteiger partial charge in [0.2, 0.25) is 0 Å². The number of amides is 1. The predicted octanol–water partition coefficient (Wildman–Crippen LogP) is -0.698. The van der Waals surface area contributed by atoms with Crippen LogP contribution in [0.25, 0.3) is 5.82 Å². The van der Waals surface area contributed by atoms with Crippen LogP contribution >= 0.6 is 0 Å². The molecule has 0 saturated heterocycles. The van der Waals surface area contributed by atoms with E-state index in [2.05, 4.69) is 20.6 Å². The molecule has 0 spiro atoms. The van der Waals surface area contributed by atoms with Crippen molar-refractivity contribution in [3.8, 4) is 5.82 Å². The van der Waals surface area contributed by atoms with Crippen LogP contribution < -0.4 is 11.1 Å². The predicted molar refractivity (Wildman–Crippen MR) is 63.9 cm³/mol. The van der Waals surface area contributed by atoms with Crippen LogP contribution in [0.3, 0.4) is 0 Å². The molecule has 19 heavy (non-hydrogen) atoms. The molecule has 1 amide bonds. The number of carbonyl (C=O) groups is 2. The maximum atomic E-state index is 11.3. The lowest BCUT2D eigenvalue weighted by atomic mass is 10.3. The molecule has 0 atom stereocenters. The molecule has 2 heterocycles. The van der Waals surface area contributed by atoms with Gasteiger partial charge in [0, 0.05) is 7.05 Å². The number of nitrogens with two attached hydrogens (primary N) is 1. The van der Waals surface area contributed by atoms with Gasteiger partial charge < -0.3 is 16.2 Å². The Hall–Kier alpha value is -2.97. The summed E-state index contributed by atoms with van der Waals surface area (Å²) in [6, 6.07) is 2.93. The standard InChI is InChI=1S/C10H10N6O3/c1-12-9(17)6-2-3-7(14-13-6)16-4-5(11)8(15-16)10(18)19/h2-4H,11H2,1H3,(H,12,17)(H,18,19). The average Bonchev–Trinajstić information content (AvgIpc) is 2.80. The molecule has 0 radical (unpaired) electrons. The van der Waals surface area contributed by atoms with Crippen LogP contribution in [0.2, 0.25) is 0 Å². The molecule has 4 N–H and O–H groups in total. The number of nitrogens with zero attached hydrogens (tertiary/aromatic N) is 4. The third-order valence-electron chi connectivity index (χ3n) is 2.29. The van der Waals surface area contributed by atoms with Gasteiger partial charge in [-0.05, 0) is 12.1 Å². The van der Waals surface area contributed by atoms with Crippen molar-refractivity contribution in [1.29, 1.82) is 0 Å². The first-order chi connectivity index (χ1) is 9.02. The molecule has 98 valence electrons. The minimum Gasteiger partial charge on any atom is -0.476 e. The molecule has 0 fully saturated rings. The molecule has 0 bridgehead atoms. The minimum atomic E-state index is -1.23. The van der Waals surface area contributed by atoms with E-state index in [0.29, 0.717) is 0 Å². The van der Waals surface area contributed by atoms with Gasteiger partial charge in [0.05, 0.1) is 11.9 Å². The fourth-order valence-electron chi connectivity index (χ4n) is 1.37. The van der Waals surface area contributed by atoms with Crippen molar-refractivity contribution in [2.24, 2.45) is 0 Å².